The van der Waals surface area contributed by atoms with Crippen LogP contribution in [0.1, 0.15) is 5.82 Å². The van der Waals surface area contributed by atoms with Crippen molar-refractivity contribution in [3.63, 3.8) is 0 Å². The van der Waals surface area contributed by atoms with E-state index in [1.54, 1.807) is 0 Å². The van der Waals surface area contributed by atoms with Crippen LogP contribution < -0.4 is 15.4 Å². The van der Waals surface area contributed by atoms with E-state index in [0.29, 0.717) is 6.61 Å². The van der Waals surface area contributed by atoms with Gasteiger partial charge in [-0.2, -0.15) is 0 Å². The van der Waals surface area contributed by atoms with Crippen molar-refractivity contribution in [2.45, 2.75) is 6.61 Å². The predicted octanol–water partition coefficient (Wildman–Crippen LogP) is 5.29. The van der Waals surface area contributed by atoms with Gasteiger partial charge in [0.1, 0.15) is 18.2 Å². The first kappa shape index (κ1) is 18.5. The molecule has 0 fully saturated rings. The zero-order valence-corrected chi connectivity index (χ0v) is 17.2. The van der Waals surface area contributed by atoms with Gasteiger partial charge in [-0.25, -0.2) is 4.98 Å². The van der Waals surface area contributed by atoms with E-state index < -0.39 is 0 Å². The van der Waals surface area contributed by atoms with Gasteiger partial charge in [0, 0.05) is 15.8 Å². The summed E-state index contributed by atoms with van der Waals surface area (Å²) in [5, 5.41) is 0.276. The van der Waals surface area contributed by atoms with E-state index in [1.165, 1.54) is 0 Å². The van der Waals surface area contributed by atoms with Crippen LogP contribution in [0.5, 0.6) is 5.75 Å². The van der Waals surface area contributed by atoms with E-state index in [2.05, 4.69) is 25.9 Å². The number of hydrogen-bond acceptors (Lipinski definition) is 3. The van der Waals surface area contributed by atoms with Crippen LogP contribution in [0, 0.1) is 0 Å². The van der Waals surface area contributed by atoms with Crippen molar-refractivity contribution < 1.29 is 4.74 Å². The molecule has 0 spiro atoms. The van der Waals surface area contributed by atoms with E-state index >= 15 is 0 Å². The summed E-state index contributed by atoms with van der Waals surface area (Å²) in [6.07, 6.45) is 0. The second-order valence-corrected chi connectivity index (χ2v) is 7.47. The highest BCUT2D eigenvalue weighted by atomic mass is 79.9. The van der Waals surface area contributed by atoms with Gasteiger partial charge in [-0.3, -0.25) is 4.90 Å². The summed E-state index contributed by atoms with van der Waals surface area (Å²) in [4.78, 5) is 9.58. The maximum absolute atomic E-state index is 5.95. The molecule has 0 saturated carbocycles. The zero-order valence-electron chi connectivity index (χ0n) is 14.8. The van der Waals surface area contributed by atoms with Gasteiger partial charge >= 0.3 is 0 Å². The number of benzene rings is 3. The van der Waals surface area contributed by atoms with Gasteiger partial charge in [-0.1, -0.05) is 28.1 Å². The number of imidazole rings is 1. The number of nitrogens with one attached hydrogen (secondary N) is 1. The Balaban J connectivity index is 1.49. The topological polar surface area (TPSA) is 67.2 Å². The van der Waals surface area contributed by atoms with Crippen LogP contribution in [0.25, 0.3) is 11.0 Å². The maximum atomic E-state index is 5.95. The number of ether oxygens (including phenoxy) is 1. The van der Waals surface area contributed by atoms with Crippen LogP contribution in [-0.2, 0) is 6.61 Å². The summed E-state index contributed by atoms with van der Waals surface area (Å²) in [5.41, 5.74) is 9.64. The van der Waals surface area contributed by atoms with Crippen molar-refractivity contribution in [3.05, 3.63) is 83.1 Å². The van der Waals surface area contributed by atoms with Crippen LogP contribution >= 0.6 is 28.1 Å². The fourth-order valence-corrected chi connectivity index (χ4v) is 3.39. The molecule has 3 aromatic carbocycles. The Kier molecular flexibility index (Phi) is 5.27. The molecule has 0 aliphatic carbocycles. The molecule has 0 unspecified atom stereocenters. The molecular formula is C21H17BrN4OS. The molecule has 0 saturated heterocycles. The number of hydrogen-bond donors (Lipinski definition) is 2. The van der Waals surface area contributed by atoms with E-state index in [0.717, 1.165) is 38.5 Å². The molecule has 0 aliphatic rings. The van der Waals surface area contributed by atoms with Gasteiger partial charge < -0.3 is 15.5 Å². The second kappa shape index (κ2) is 8.00. The first-order chi connectivity index (χ1) is 13.6. The van der Waals surface area contributed by atoms with Crippen LogP contribution in [0.3, 0.4) is 0 Å². The highest BCUT2D eigenvalue weighted by molar-refractivity contribution is 9.10. The molecule has 3 N–H and O–H groups in total. The SMILES string of the molecule is NC(=S)N(c1ccc(Br)cc1)c1ccc(OCc2nc3ccccc3[nH]2)cc1. The number of rotatable bonds is 5. The van der Waals surface area contributed by atoms with Crippen molar-refractivity contribution in [3.8, 4) is 5.75 Å². The Morgan fingerprint density at radius 2 is 1.64 bits per heavy atom. The average Bonchev–Trinajstić information content (AvgIpc) is 3.12. The van der Waals surface area contributed by atoms with Gasteiger partial charge in [-0.15, -0.1) is 0 Å². The minimum absolute atomic E-state index is 0.276. The first-order valence-electron chi connectivity index (χ1n) is 8.62. The van der Waals surface area contributed by atoms with E-state index in [-0.39, 0.29) is 5.11 Å². The monoisotopic (exact) mass is 452 g/mol. The van der Waals surface area contributed by atoms with Gasteiger partial charge in [0.05, 0.1) is 11.0 Å². The highest BCUT2D eigenvalue weighted by Crippen LogP contribution is 2.28. The molecule has 1 heterocycles. The third kappa shape index (κ3) is 4.00. The number of aromatic amines is 1. The number of fused-ring (bicyclic) bond motifs is 1. The average molecular weight is 453 g/mol. The fraction of sp³-hybridized carbons (Fsp3) is 0.0476. The summed E-state index contributed by atoms with van der Waals surface area (Å²) < 4.78 is 6.85. The van der Waals surface area contributed by atoms with Gasteiger partial charge in [0.15, 0.2) is 5.11 Å². The number of thiocarbonyl (C=S) groups is 1. The van der Waals surface area contributed by atoms with Crippen molar-refractivity contribution in [1.82, 2.24) is 9.97 Å². The quantitative estimate of drug-likeness (QED) is 0.402. The molecule has 4 rings (SSSR count). The molecule has 0 amide bonds. The fourth-order valence-electron chi connectivity index (χ4n) is 2.91. The highest BCUT2D eigenvalue weighted by Gasteiger charge is 2.12. The minimum Gasteiger partial charge on any atom is -0.486 e. The van der Waals surface area contributed by atoms with E-state index in [1.807, 2.05) is 77.7 Å². The lowest BCUT2D eigenvalue weighted by Crippen LogP contribution is -2.31. The molecule has 0 aliphatic heterocycles. The summed E-state index contributed by atoms with van der Waals surface area (Å²) in [5.74, 6) is 1.52. The minimum atomic E-state index is 0.276. The molecule has 28 heavy (non-hydrogen) atoms. The number of aromatic nitrogens is 2. The lowest BCUT2D eigenvalue weighted by atomic mass is 10.2. The van der Waals surface area contributed by atoms with Crippen LogP contribution in [0.15, 0.2) is 77.3 Å². The molecule has 5 nitrogen and oxygen atoms in total. The normalized spacial score (nSPS) is 10.8. The number of para-hydroxylation sites is 2. The summed E-state index contributed by atoms with van der Waals surface area (Å²) in [6.45, 7) is 0.361. The van der Waals surface area contributed by atoms with Crippen LogP contribution in [-0.4, -0.2) is 15.1 Å². The van der Waals surface area contributed by atoms with Crippen LogP contribution in [0.4, 0.5) is 11.4 Å². The van der Waals surface area contributed by atoms with Crippen LogP contribution in [0.2, 0.25) is 0 Å². The van der Waals surface area contributed by atoms with Crippen molar-refractivity contribution in [2.75, 3.05) is 4.90 Å². The molecule has 0 atom stereocenters. The number of nitrogens with zero attached hydrogens (tertiary/aromatic N) is 2. The van der Waals surface area contributed by atoms with Crippen molar-refractivity contribution in [2.24, 2.45) is 5.73 Å². The second-order valence-electron chi connectivity index (χ2n) is 6.13. The lowest BCUT2D eigenvalue weighted by molar-refractivity contribution is 0.297. The Labute approximate surface area is 176 Å². The lowest BCUT2D eigenvalue weighted by Gasteiger charge is -2.23. The first-order valence-corrected chi connectivity index (χ1v) is 9.82. The Morgan fingerprint density at radius 3 is 2.29 bits per heavy atom. The summed E-state index contributed by atoms with van der Waals surface area (Å²) in [6, 6.07) is 23.3. The largest absolute Gasteiger partial charge is 0.486 e. The van der Waals surface area contributed by atoms with Crippen molar-refractivity contribution >= 4 is 55.7 Å². The number of nitrogens with two attached hydrogens (primary N) is 1. The Bertz CT molecular complexity index is 1080. The predicted molar refractivity (Wildman–Crippen MR) is 120 cm³/mol. The van der Waals surface area contributed by atoms with Gasteiger partial charge in [-0.05, 0) is 72.9 Å². The van der Waals surface area contributed by atoms with Crippen molar-refractivity contribution in [1.29, 1.82) is 0 Å². The maximum Gasteiger partial charge on any atom is 0.175 e. The molecule has 0 bridgehead atoms. The summed E-state index contributed by atoms with van der Waals surface area (Å²) >= 11 is 8.68. The number of anilines is 2. The Morgan fingerprint density at radius 1 is 1.00 bits per heavy atom. The number of H-pyrrole nitrogens is 1. The molecule has 7 heteroatoms. The molecule has 140 valence electrons. The third-order valence-electron chi connectivity index (χ3n) is 4.21. The Hall–Kier alpha value is -2.90. The van der Waals surface area contributed by atoms with E-state index in [4.69, 9.17) is 22.7 Å². The third-order valence-corrected chi connectivity index (χ3v) is 4.93. The van der Waals surface area contributed by atoms with Gasteiger partial charge in [0.2, 0.25) is 0 Å². The zero-order chi connectivity index (χ0) is 19.5. The smallest absolute Gasteiger partial charge is 0.175 e. The summed E-state index contributed by atoms with van der Waals surface area (Å²) in [7, 11) is 0. The molecule has 0 radical (unpaired) electrons. The molecule has 1 aromatic heterocycles. The molecule has 4 aromatic rings. The van der Waals surface area contributed by atoms with Gasteiger partial charge in [0.25, 0.3) is 0 Å². The standard InChI is InChI=1S/C21H17BrN4OS/c22-14-5-7-15(8-6-14)26(21(23)28)16-9-11-17(12-10-16)27-13-20-24-18-3-1-2-4-19(18)25-20/h1-12H,13H2,(H2,23,28)(H,24,25). The molecular weight excluding hydrogens is 436 g/mol. The number of halogens is 1. The van der Waals surface area contributed by atoms with E-state index in [9.17, 15) is 0 Å².